The molecule has 3 rings (SSSR count). The Hall–Kier alpha value is -2.02. The molecular formula is C16H21N3O3S. The van der Waals surface area contributed by atoms with Gasteiger partial charge in [0.15, 0.2) is 5.82 Å². The summed E-state index contributed by atoms with van der Waals surface area (Å²) in [6.45, 7) is 2.74. The molecule has 1 fully saturated rings. The van der Waals surface area contributed by atoms with Crippen LogP contribution in [-0.2, 0) is 16.6 Å². The number of nitrogens with one attached hydrogen (secondary N) is 1. The Balaban J connectivity index is 1.79. The van der Waals surface area contributed by atoms with Gasteiger partial charge in [0.2, 0.25) is 0 Å². The van der Waals surface area contributed by atoms with Crippen LogP contribution in [-0.4, -0.2) is 23.1 Å². The van der Waals surface area contributed by atoms with Crippen LogP contribution in [0.2, 0.25) is 0 Å². The SMILES string of the molecule is Cc1nc(NS(=O)(=O)c2ccccc2O)cn1CC1CCCC1. The highest BCUT2D eigenvalue weighted by molar-refractivity contribution is 7.92. The maximum atomic E-state index is 12.4. The monoisotopic (exact) mass is 335 g/mol. The minimum absolute atomic E-state index is 0.150. The third-order valence-corrected chi connectivity index (χ3v) is 5.70. The summed E-state index contributed by atoms with van der Waals surface area (Å²) in [5, 5.41) is 9.73. The maximum Gasteiger partial charge on any atom is 0.266 e. The zero-order valence-electron chi connectivity index (χ0n) is 13.1. The minimum atomic E-state index is -3.85. The summed E-state index contributed by atoms with van der Waals surface area (Å²) in [5.74, 6) is 1.43. The van der Waals surface area contributed by atoms with Gasteiger partial charge in [-0.15, -0.1) is 0 Å². The molecular weight excluding hydrogens is 314 g/mol. The van der Waals surface area contributed by atoms with Crippen LogP contribution in [0.5, 0.6) is 5.75 Å². The Morgan fingerprint density at radius 1 is 1.30 bits per heavy atom. The van der Waals surface area contributed by atoms with Crippen molar-refractivity contribution in [3.63, 3.8) is 0 Å². The second kappa shape index (κ2) is 6.23. The van der Waals surface area contributed by atoms with E-state index in [0.29, 0.717) is 5.92 Å². The molecule has 0 amide bonds. The van der Waals surface area contributed by atoms with Crippen molar-refractivity contribution in [2.45, 2.75) is 44.0 Å². The van der Waals surface area contributed by atoms with Gasteiger partial charge in [0.1, 0.15) is 16.5 Å². The van der Waals surface area contributed by atoms with Crippen LogP contribution in [0.15, 0.2) is 35.4 Å². The van der Waals surface area contributed by atoms with Gasteiger partial charge < -0.3 is 9.67 Å². The lowest BCUT2D eigenvalue weighted by molar-refractivity contribution is 0.451. The smallest absolute Gasteiger partial charge is 0.266 e. The van der Waals surface area contributed by atoms with Crippen LogP contribution < -0.4 is 4.72 Å². The molecule has 0 unspecified atom stereocenters. The average molecular weight is 335 g/mol. The Bertz CT molecular complexity index is 793. The summed E-state index contributed by atoms with van der Waals surface area (Å²) in [5.41, 5.74) is 0. The number of anilines is 1. The molecule has 23 heavy (non-hydrogen) atoms. The number of benzene rings is 1. The number of hydrogen-bond acceptors (Lipinski definition) is 4. The number of aromatic hydroxyl groups is 1. The molecule has 0 saturated heterocycles. The Kier molecular flexibility index (Phi) is 4.30. The number of sulfonamides is 1. The molecule has 1 aliphatic rings. The summed E-state index contributed by atoms with van der Waals surface area (Å²) >= 11 is 0. The Morgan fingerprint density at radius 3 is 2.70 bits per heavy atom. The lowest BCUT2D eigenvalue weighted by Crippen LogP contribution is -2.13. The standard InChI is InChI=1S/C16H21N3O3S/c1-12-17-16(11-19(12)10-13-6-2-3-7-13)18-23(21,22)15-9-5-4-8-14(15)20/h4-5,8-9,11,13,18,20H,2-3,6-7,10H2,1H3. The lowest BCUT2D eigenvalue weighted by Gasteiger charge is -2.10. The molecule has 1 aromatic heterocycles. The van der Waals surface area contributed by atoms with Crippen molar-refractivity contribution >= 4 is 15.8 Å². The topological polar surface area (TPSA) is 84.2 Å². The van der Waals surface area contributed by atoms with Gasteiger partial charge in [-0.2, -0.15) is 0 Å². The predicted octanol–water partition coefficient (Wildman–Crippen LogP) is 2.89. The van der Waals surface area contributed by atoms with Gasteiger partial charge in [-0.1, -0.05) is 25.0 Å². The molecule has 0 spiro atoms. The second-order valence-corrected chi connectivity index (χ2v) is 7.70. The molecule has 0 radical (unpaired) electrons. The Labute approximate surface area is 136 Å². The van der Waals surface area contributed by atoms with E-state index in [4.69, 9.17) is 0 Å². The molecule has 6 nitrogen and oxygen atoms in total. The fourth-order valence-corrected chi connectivity index (χ4v) is 4.18. The predicted molar refractivity (Wildman–Crippen MR) is 87.8 cm³/mol. The van der Waals surface area contributed by atoms with Crippen LogP contribution in [0.3, 0.4) is 0 Å². The number of rotatable bonds is 5. The molecule has 0 aliphatic heterocycles. The van der Waals surface area contributed by atoms with Crippen molar-refractivity contribution in [3.05, 3.63) is 36.3 Å². The zero-order valence-corrected chi connectivity index (χ0v) is 13.9. The van der Waals surface area contributed by atoms with E-state index < -0.39 is 10.0 Å². The summed E-state index contributed by atoms with van der Waals surface area (Å²) in [6.07, 6.45) is 6.70. The van der Waals surface area contributed by atoms with E-state index in [1.165, 1.54) is 37.8 Å². The quantitative estimate of drug-likeness (QED) is 0.880. The average Bonchev–Trinajstić information content (AvgIpc) is 3.10. The van der Waals surface area contributed by atoms with Gasteiger partial charge in [0.25, 0.3) is 10.0 Å². The highest BCUT2D eigenvalue weighted by Gasteiger charge is 2.21. The van der Waals surface area contributed by atoms with Crippen LogP contribution in [0.4, 0.5) is 5.82 Å². The summed E-state index contributed by atoms with van der Waals surface area (Å²) in [7, 11) is -3.85. The van der Waals surface area contributed by atoms with Crippen molar-refractivity contribution in [2.24, 2.45) is 5.92 Å². The van der Waals surface area contributed by atoms with Crippen LogP contribution in [0.25, 0.3) is 0 Å². The number of hydrogen-bond donors (Lipinski definition) is 2. The van der Waals surface area contributed by atoms with Crippen molar-refractivity contribution < 1.29 is 13.5 Å². The van der Waals surface area contributed by atoms with E-state index in [9.17, 15) is 13.5 Å². The van der Waals surface area contributed by atoms with Gasteiger partial charge >= 0.3 is 0 Å². The van der Waals surface area contributed by atoms with E-state index in [0.717, 1.165) is 12.4 Å². The summed E-state index contributed by atoms with van der Waals surface area (Å²) in [4.78, 5) is 4.13. The first-order chi connectivity index (χ1) is 11.0. The van der Waals surface area contributed by atoms with Gasteiger partial charge in [-0.05, 0) is 37.8 Å². The molecule has 2 N–H and O–H groups in total. The van der Waals surface area contributed by atoms with Crippen molar-refractivity contribution in [1.82, 2.24) is 9.55 Å². The van der Waals surface area contributed by atoms with Gasteiger partial charge in [0.05, 0.1) is 0 Å². The number of imidazole rings is 1. The van der Waals surface area contributed by atoms with Crippen LogP contribution in [0.1, 0.15) is 31.5 Å². The van der Waals surface area contributed by atoms with E-state index in [2.05, 4.69) is 9.71 Å². The fourth-order valence-electron chi connectivity index (χ4n) is 3.09. The number of phenols is 1. The molecule has 1 heterocycles. The van der Waals surface area contributed by atoms with Crippen molar-refractivity contribution in [3.8, 4) is 5.75 Å². The van der Waals surface area contributed by atoms with Gasteiger partial charge in [-0.3, -0.25) is 4.72 Å². The number of phenolic OH excluding ortho intramolecular Hbond substituents is 1. The second-order valence-electron chi connectivity index (χ2n) is 6.05. The largest absolute Gasteiger partial charge is 0.507 e. The third-order valence-electron chi connectivity index (χ3n) is 4.30. The van der Waals surface area contributed by atoms with E-state index in [1.54, 1.807) is 18.3 Å². The zero-order chi connectivity index (χ0) is 16.4. The minimum Gasteiger partial charge on any atom is -0.507 e. The number of aryl methyl sites for hydroxylation is 1. The van der Waals surface area contributed by atoms with Crippen molar-refractivity contribution in [1.29, 1.82) is 0 Å². The molecule has 1 aromatic carbocycles. The number of nitrogens with zero attached hydrogens (tertiary/aromatic N) is 2. The first-order valence-electron chi connectivity index (χ1n) is 7.80. The highest BCUT2D eigenvalue weighted by Crippen LogP contribution is 2.28. The first kappa shape index (κ1) is 15.9. The normalized spacial score (nSPS) is 15.9. The highest BCUT2D eigenvalue weighted by atomic mass is 32.2. The summed E-state index contributed by atoms with van der Waals surface area (Å²) in [6, 6.07) is 5.85. The molecule has 1 saturated carbocycles. The van der Waals surface area contributed by atoms with E-state index in [-0.39, 0.29) is 16.5 Å². The van der Waals surface area contributed by atoms with E-state index in [1.807, 2.05) is 11.5 Å². The van der Waals surface area contributed by atoms with Crippen LogP contribution >= 0.6 is 0 Å². The lowest BCUT2D eigenvalue weighted by atomic mass is 10.1. The van der Waals surface area contributed by atoms with Gasteiger partial charge in [0, 0.05) is 12.7 Å². The van der Waals surface area contributed by atoms with Crippen LogP contribution in [0, 0.1) is 12.8 Å². The first-order valence-corrected chi connectivity index (χ1v) is 9.28. The van der Waals surface area contributed by atoms with Crippen molar-refractivity contribution in [2.75, 3.05) is 4.72 Å². The maximum absolute atomic E-state index is 12.4. The summed E-state index contributed by atoms with van der Waals surface area (Å²) < 4.78 is 29.2. The fraction of sp³-hybridized carbons (Fsp3) is 0.438. The molecule has 1 aliphatic carbocycles. The molecule has 7 heteroatoms. The third kappa shape index (κ3) is 3.50. The molecule has 124 valence electrons. The number of para-hydroxylation sites is 1. The molecule has 2 aromatic rings. The molecule has 0 atom stereocenters. The van der Waals surface area contributed by atoms with Gasteiger partial charge in [-0.25, -0.2) is 13.4 Å². The molecule has 0 bridgehead atoms. The number of aromatic nitrogens is 2. The Morgan fingerprint density at radius 2 is 2.00 bits per heavy atom. The van der Waals surface area contributed by atoms with E-state index >= 15 is 0 Å².